The van der Waals surface area contributed by atoms with Gasteiger partial charge in [-0.2, -0.15) is 0 Å². The SMILES string of the molecule is Cc1ccc2nc(CSc3ncccn3)cn2c1. The van der Waals surface area contributed by atoms with Crippen LogP contribution < -0.4 is 0 Å². The van der Waals surface area contributed by atoms with E-state index in [1.54, 1.807) is 24.2 Å². The van der Waals surface area contributed by atoms with Gasteiger partial charge in [0.15, 0.2) is 5.16 Å². The molecular weight excluding hydrogens is 244 g/mol. The van der Waals surface area contributed by atoms with Crippen molar-refractivity contribution in [2.24, 2.45) is 0 Å². The van der Waals surface area contributed by atoms with Crippen LogP contribution in [0.2, 0.25) is 0 Å². The molecule has 0 aliphatic rings. The number of imidazole rings is 1. The molecule has 3 aromatic rings. The van der Waals surface area contributed by atoms with Crippen LogP contribution in [-0.4, -0.2) is 19.4 Å². The molecule has 0 amide bonds. The van der Waals surface area contributed by atoms with Crippen molar-refractivity contribution < 1.29 is 0 Å². The van der Waals surface area contributed by atoms with E-state index >= 15 is 0 Å². The number of hydrogen-bond acceptors (Lipinski definition) is 4. The number of fused-ring (bicyclic) bond motifs is 1. The molecule has 0 atom stereocenters. The number of pyridine rings is 1. The first-order valence-electron chi connectivity index (χ1n) is 5.65. The zero-order chi connectivity index (χ0) is 12.4. The third-order valence-electron chi connectivity index (χ3n) is 2.54. The maximum absolute atomic E-state index is 4.56. The molecule has 5 heteroatoms. The molecule has 0 spiro atoms. The molecule has 0 aliphatic carbocycles. The Morgan fingerprint density at radius 1 is 1.17 bits per heavy atom. The molecule has 90 valence electrons. The highest BCUT2D eigenvalue weighted by molar-refractivity contribution is 7.98. The molecule has 0 saturated heterocycles. The van der Waals surface area contributed by atoms with Gasteiger partial charge in [-0.25, -0.2) is 15.0 Å². The summed E-state index contributed by atoms with van der Waals surface area (Å²) >= 11 is 1.59. The van der Waals surface area contributed by atoms with Crippen LogP contribution in [0.3, 0.4) is 0 Å². The quantitative estimate of drug-likeness (QED) is 0.534. The lowest BCUT2D eigenvalue weighted by molar-refractivity contribution is 0.965. The Balaban J connectivity index is 1.79. The summed E-state index contributed by atoms with van der Waals surface area (Å²) < 4.78 is 2.05. The largest absolute Gasteiger partial charge is 0.307 e. The molecule has 0 bridgehead atoms. The molecule has 18 heavy (non-hydrogen) atoms. The minimum absolute atomic E-state index is 0.782. The highest BCUT2D eigenvalue weighted by atomic mass is 32.2. The second-order valence-corrected chi connectivity index (χ2v) is 4.97. The van der Waals surface area contributed by atoms with E-state index < -0.39 is 0 Å². The highest BCUT2D eigenvalue weighted by Crippen LogP contribution is 2.18. The van der Waals surface area contributed by atoms with E-state index in [4.69, 9.17) is 0 Å². The third kappa shape index (κ3) is 2.36. The fraction of sp³-hybridized carbons (Fsp3) is 0.154. The van der Waals surface area contributed by atoms with E-state index in [0.29, 0.717) is 0 Å². The molecule has 3 rings (SSSR count). The molecule has 4 nitrogen and oxygen atoms in total. The van der Waals surface area contributed by atoms with Crippen molar-refractivity contribution in [3.8, 4) is 0 Å². The normalized spacial score (nSPS) is 10.9. The van der Waals surface area contributed by atoms with Crippen molar-refractivity contribution in [2.75, 3.05) is 0 Å². The van der Waals surface area contributed by atoms with Crippen LogP contribution in [0.1, 0.15) is 11.3 Å². The van der Waals surface area contributed by atoms with Gasteiger partial charge in [0.1, 0.15) is 5.65 Å². The predicted molar refractivity (Wildman–Crippen MR) is 71.5 cm³/mol. The summed E-state index contributed by atoms with van der Waals surface area (Å²) in [7, 11) is 0. The number of rotatable bonds is 3. The number of hydrogen-bond donors (Lipinski definition) is 0. The maximum Gasteiger partial charge on any atom is 0.187 e. The van der Waals surface area contributed by atoms with Crippen LogP contribution in [0.25, 0.3) is 5.65 Å². The van der Waals surface area contributed by atoms with Crippen LogP contribution >= 0.6 is 11.8 Å². The first kappa shape index (κ1) is 11.2. The highest BCUT2D eigenvalue weighted by Gasteiger charge is 2.03. The summed E-state index contributed by atoms with van der Waals surface area (Å²) in [5, 5.41) is 0.783. The van der Waals surface area contributed by atoms with Crippen molar-refractivity contribution in [3.63, 3.8) is 0 Å². The number of aryl methyl sites for hydroxylation is 1. The van der Waals surface area contributed by atoms with Gasteiger partial charge in [-0.15, -0.1) is 0 Å². The molecule has 0 aromatic carbocycles. The lowest BCUT2D eigenvalue weighted by Gasteiger charge is -1.95. The first-order chi connectivity index (χ1) is 8.81. The van der Waals surface area contributed by atoms with Gasteiger partial charge >= 0.3 is 0 Å². The van der Waals surface area contributed by atoms with E-state index in [-0.39, 0.29) is 0 Å². The fourth-order valence-electron chi connectivity index (χ4n) is 1.72. The Morgan fingerprint density at radius 3 is 2.83 bits per heavy atom. The topological polar surface area (TPSA) is 43.1 Å². The second-order valence-electron chi connectivity index (χ2n) is 4.02. The third-order valence-corrected chi connectivity index (χ3v) is 3.45. The van der Waals surface area contributed by atoms with Crippen LogP contribution in [0.4, 0.5) is 0 Å². The predicted octanol–water partition coefficient (Wildman–Crippen LogP) is 2.73. The van der Waals surface area contributed by atoms with Crippen molar-refractivity contribution in [3.05, 3.63) is 54.2 Å². The van der Waals surface area contributed by atoms with Crippen molar-refractivity contribution >= 4 is 17.4 Å². The maximum atomic E-state index is 4.56. The van der Waals surface area contributed by atoms with E-state index in [1.165, 1.54) is 5.56 Å². The Kier molecular flexibility index (Phi) is 2.98. The zero-order valence-corrected chi connectivity index (χ0v) is 10.8. The summed E-state index contributed by atoms with van der Waals surface area (Å²) in [5.74, 6) is 0.782. The molecular formula is C13H12N4S. The average molecular weight is 256 g/mol. The fourth-order valence-corrected chi connectivity index (χ4v) is 2.41. The molecule has 3 heterocycles. The molecule has 0 aliphatic heterocycles. The van der Waals surface area contributed by atoms with Crippen LogP contribution in [0, 0.1) is 6.92 Å². The zero-order valence-electron chi connectivity index (χ0n) is 9.95. The van der Waals surface area contributed by atoms with E-state index in [9.17, 15) is 0 Å². The number of aromatic nitrogens is 4. The van der Waals surface area contributed by atoms with Gasteiger partial charge in [-0.05, 0) is 24.6 Å². The lowest BCUT2D eigenvalue weighted by atomic mass is 10.3. The number of thioether (sulfide) groups is 1. The second kappa shape index (κ2) is 4.78. The molecule has 0 N–H and O–H groups in total. The van der Waals surface area contributed by atoms with E-state index in [2.05, 4.69) is 44.7 Å². The summed E-state index contributed by atoms with van der Waals surface area (Å²) in [6, 6.07) is 5.92. The molecule has 0 fully saturated rings. The van der Waals surface area contributed by atoms with Crippen molar-refractivity contribution in [1.82, 2.24) is 19.4 Å². The smallest absolute Gasteiger partial charge is 0.187 e. The minimum atomic E-state index is 0.782. The molecule has 0 radical (unpaired) electrons. The Labute approximate surface area is 109 Å². The van der Waals surface area contributed by atoms with E-state index in [1.807, 2.05) is 12.1 Å². The summed E-state index contributed by atoms with van der Waals surface area (Å²) in [4.78, 5) is 12.9. The van der Waals surface area contributed by atoms with Crippen molar-refractivity contribution in [2.45, 2.75) is 17.8 Å². The summed E-state index contributed by atoms with van der Waals surface area (Å²) in [6.07, 6.45) is 7.64. The summed E-state index contributed by atoms with van der Waals surface area (Å²) in [5.41, 5.74) is 3.24. The Hall–Kier alpha value is -1.88. The van der Waals surface area contributed by atoms with Gasteiger partial charge < -0.3 is 4.40 Å². The molecule has 0 unspecified atom stereocenters. The monoisotopic (exact) mass is 256 g/mol. The lowest BCUT2D eigenvalue weighted by Crippen LogP contribution is -1.85. The van der Waals surface area contributed by atoms with Gasteiger partial charge in [0.2, 0.25) is 0 Å². The molecule has 0 saturated carbocycles. The van der Waals surface area contributed by atoms with Gasteiger partial charge in [-0.3, -0.25) is 0 Å². The Morgan fingerprint density at radius 2 is 2.00 bits per heavy atom. The van der Waals surface area contributed by atoms with Crippen LogP contribution in [0.5, 0.6) is 0 Å². The summed E-state index contributed by atoms with van der Waals surface area (Å²) in [6.45, 7) is 2.08. The van der Waals surface area contributed by atoms with Gasteiger partial charge in [0.05, 0.1) is 5.69 Å². The van der Waals surface area contributed by atoms with Gasteiger partial charge in [0.25, 0.3) is 0 Å². The van der Waals surface area contributed by atoms with Crippen LogP contribution in [-0.2, 0) is 5.75 Å². The van der Waals surface area contributed by atoms with Crippen molar-refractivity contribution in [1.29, 1.82) is 0 Å². The van der Waals surface area contributed by atoms with Crippen LogP contribution in [0.15, 0.2) is 48.1 Å². The Bertz CT molecular complexity index is 663. The first-order valence-corrected chi connectivity index (χ1v) is 6.64. The van der Waals surface area contributed by atoms with Gasteiger partial charge in [-0.1, -0.05) is 17.8 Å². The average Bonchev–Trinajstić information content (AvgIpc) is 2.79. The van der Waals surface area contributed by atoms with Gasteiger partial charge in [0, 0.05) is 30.5 Å². The standard InChI is InChI=1S/C13H12N4S/c1-10-3-4-12-16-11(8-17(12)7-10)9-18-13-14-5-2-6-15-13/h2-8H,9H2,1H3. The molecule has 3 aromatic heterocycles. The minimum Gasteiger partial charge on any atom is -0.307 e. The van der Waals surface area contributed by atoms with E-state index in [0.717, 1.165) is 22.3 Å². The number of nitrogens with zero attached hydrogens (tertiary/aromatic N) is 4.